The van der Waals surface area contributed by atoms with Crippen LogP contribution in [0.4, 0.5) is 0 Å². The Hall–Kier alpha value is -3.24. The maximum atomic E-state index is 12.9. The van der Waals surface area contributed by atoms with Crippen LogP contribution >= 0.6 is 0 Å². The highest BCUT2D eigenvalue weighted by Gasteiger charge is 2.29. The molecular formula is C31H34O4. The number of ketones is 1. The van der Waals surface area contributed by atoms with E-state index in [1.165, 1.54) is 37.9 Å². The molecule has 0 amide bonds. The Morgan fingerprint density at radius 3 is 2.20 bits per heavy atom. The highest BCUT2D eigenvalue weighted by Crippen LogP contribution is 2.36. The number of esters is 1. The summed E-state index contributed by atoms with van der Waals surface area (Å²) >= 11 is 0. The van der Waals surface area contributed by atoms with Gasteiger partial charge in [-0.25, -0.2) is 4.79 Å². The Morgan fingerprint density at radius 1 is 0.886 bits per heavy atom. The highest BCUT2D eigenvalue weighted by atomic mass is 16.6. The number of carbonyl (C=O) groups is 2. The Morgan fingerprint density at radius 2 is 1.51 bits per heavy atom. The van der Waals surface area contributed by atoms with Crippen molar-refractivity contribution in [3.63, 3.8) is 0 Å². The summed E-state index contributed by atoms with van der Waals surface area (Å²) in [5.74, 6) is -0.381. The molecule has 182 valence electrons. The maximum Gasteiger partial charge on any atom is 0.330 e. The molecule has 4 aromatic rings. The minimum Gasteiger partial charge on any atom is -0.456 e. The van der Waals surface area contributed by atoms with Crippen LogP contribution in [0.25, 0.3) is 32.3 Å². The Bertz CT molecular complexity index is 1360. The van der Waals surface area contributed by atoms with Gasteiger partial charge in [-0.15, -0.1) is 0 Å². The minimum absolute atomic E-state index is 0.0797. The van der Waals surface area contributed by atoms with E-state index in [1.54, 1.807) is 0 Å². The van der Waals surface area contributed by atoms with Crippen LogP contribution in [0.15, 0.2) is 67.3 Å². The molecule has 4 aromatic carbocycles. The summed E-state index contributed by atoms with van der Waals surface area (Å²) in [5, 5.41) is 7.67. The fourth-order valence-corrected chi connectivity index (χ4v) is 4.75. The van der Waals surface area contributed by atoms with Crippen LogP contribution in [-0.2, 0) is 25.5 Å². The molecule has 0 saturated carbocycles. The van der Waals surface area contributed by atoms with Gasteiger partial charge in [-0.2, -0.15) is 0 Å². The molecule has 0 N–H and O–H groups in total. The van der Waals surface area contributed by atoms with Gasteiger partial charge in [-0.1, -0.05) is 61.2 Å². The number of hydrogen-bond donors (Lipinski definition) is 0. The average molecular weight is 471 g/mol. The van der Waals surface area contributed by atoms with Gasteiger partial charge in [0.05, 0.1) is 6.61 Å². The van der Waals surface area contributed by atoms with Crippen molar-refractivity contribution in [3.8, 4) is 0 Å². The van der Waals surface area contributed by atoms with Gasteiger partial charge >= 0.3 is 5.97 Å². The molecule has 0 aliphatic heterocycles. The molecule has 35 heavy (non-hydrogen) atoms. The Balaban J connectivity index is 1.38. The van der Waals surface area contributed by atoms with Gasteiger partial charge in [0.15, 0.2) is 5.78 Å². The van der Waals surface area contributed by atoms with E-state index in [0.717, 1.165) is 18.9 Å². The van der Waals surface area contributed by atoms with E-state index in [2.05, 4.69) is 61.2 Å². The fraction of sp³-hybridized carbons (Fsp3) is 0.355. The summed E-state index contributed by atoms with van der Waals surface area (Å²) in [6, 6.07) is 19.6. The molecule has 0 aromatic heterocycles. The van der Waals surface area contributed by atoms with Gasteiger partial charge in [-0.05, 0) is 78.4 Å². The molecule has 0 saturated heterocycles. The average Bonchev–Trinajstić information content (AvgIpc) is 2.82. The zero-order valence-corrected chi connectivity index (χ0v) is 21.1. The number of Topliss-reactive ketones (excluding diaryl/α,β-unsaturated/α-hetero) is 1. The van der Waals surface area contributed by atoms with Crippen LogP contribution in [-0.4, -0.2) is 29.6 Å². The summed E-state index contributed by atoms with van der Waals surface area (Å²) in [4.78, 5) is 24.4. The van der Waals surface area contributed by atoms with Crippen LogP contribution < -0.4 is 0 Å². The van der Waals surface area contributed by atoms with Crippen molar-refractivity contribution in [2.24, 2.45) is 0 Å². The molecule has 0 aliphatic rings. The maximum absolute atomic E-state index is 12.9. The predicted molar refractivity (Wildman–Crippen MR) is 143 cm³/mol. The number of carbonyl (C=O) groups excluding carboxylic acids is 2. The highest BCUT2D eigenvalue weighted by molar-refractivity contribution is 6.23. The first-order valence-corrected chi connectivity index (χ1v) is 12.3. The first kappa shape index (κ1) is 24.9. The van der Waals surface area contributed by atoms with Gasteiger partial charge in [0, 0.05) is 18.9 Å². The van der Waals surface area contributed by atoms with Crippen molar-refractivity contribution in [2.75, 3.05) is 6.61 Å². The molecule has 0 radical (unpaired) electrons. The van der Waals surface area contributed by atoms with Gasteiger partial charge < -0.3 is 9.47 Å². The molecule has 0 spiro atoms. The van der Waals surface area contributed by atoms with E-state index in [4.69, 9.17) is 9.47 Å². The molecule has 0 unspecified atom stereocenters. The van der Waals surface area contributed by atoms with Crippen molar-refractivity contribution in [1.82, 2.24) is 0 Å². The van der Waals surface area contributed by atoms with Gasteiger partial charge in [0.25, 0.3) is 0 Å². The van der Waals surface area contributed by atoms with Crippen molar-refractivity contribution in [1.29, 1.82) is 0 Å². The lowest BCUT2D eigenvalue weighted by molar-refractivity contribution is -0.155. The molecule has 0 atom stereocenters. The van der Waals surface area contributed by atoms with E-state index in [0.29, 0.717) is 19.4 Å². The summed E-state index contributed by atoms with van der Waals surface area (Å²) in [7, 11) is 0. The third kappa shape index (κ3) is 5.38. The van der Waals surface area contributed by atoms with Crippen LogP contribution in [0.2, 0.25) is 0 Å². The number of hydrogen-bond acceptors (Lipinski definition) is 4. The first-order valence-electron chi connectivity index (χ1n) is 12.3. The zero-order chi connectivity index (χ0) is 25.2. The predicted octanol–water partition coefficient (Wildman–Crippen LogP) is 7.17. The van der Waals surface area contributed by atoms with Crippen LogP contribution in [0.1, 0.15) is 52.5 Å². The first-order chi connectivity index (χ1) is 16.6. The van der Waals surface area contributed by atoms with Crippen LogP contribution in [0.5, 0.6) is 0 Å². The molecule has 0 bridgehead atoms. The fourth-order valence-electron chi connectivity index (χ4n) is 4.75. The quantitative estimate of drug-likeness (QED) is 0.132. The third-order valence-corrected chi connectivity index (χ3v) is 6.85. The Kier molecular flexibility index (Phi) is 6.95. The van der Waals surface area contributed by atoms with E-state index in [-0.39, 0.29) is 5.78 Å². The molecule has 4 rings (SSSR count). The Labute approximate surface area is 207 Å². The lowest BCUT2D eigenvalue weighted by atomic mass is 9.90. The number of benzene rings is 4. The van der Waals surface area contributed by atoms with Crippen molar-refractivity contribution in [2.45, 2.75) is 64.6 Å². The second-order valence-corrected chi connectivity index (χ2v) is 10.4. The summed E-state index contributed by atoms with van der Waals surface area (Å²) < 4.78 is 11.3. The molecule has 4 nitrogen and oxygen atoms in total. The normalized spacial score (nSPS) is 12.5. The number of rotatable bonds is 11. The number of aryl methyl sites for hydroxylation is 1. The van der Waals surface area contributed by atoms with E-state index >= 15 is 0 Å². The lowest BCUT2D eigenvalue weighted by Gasteiger charge is -2.28. The SMILES string of the molecule is C=CC(=O)OC(C)(C)CCOC(C)(C)C(=O)CCCc1ccc2ccc3cccc4ccc1c2c34. The third-order valence-electron chi connectivity index (χ3n) is 6.85. The largest absolute Gasteiger partial charge is 0.456 e. The molecule has 0 heterocycles. The standard InChI is InChI=1S/C31H34O4/c1-6-27(33)35-30(2,3)19-20-34-31(4,5)26(32)12-8-9-21-13-14-24-16-15-22-10-7-11-23-17-18-25(21)29(24)28(22)23/h6-7,10-11,13-18H,1,8-9,12,19-20H2,2-5H3. The van der Waals surface area contributed by atoms with E-state index < -0.39 is 17.2 Å². The molecular weight excluding hydrogens is 436 g/mol. The topological polar surface area (TPSA) is 52.6 Å². The van der Waals surface area contributed by atoms with E-state index in [9.17, 15) is 9.59 Å². The summed E-state index contributed by atoms with van der Waals surface area (Å²) in [6.07, 6.45) is 3.69. The summed E-state index contributed by atoms with van der Waals surface area (Å²) in [5.41, 5.74) is -0.297. The second-order valence-electron chi connectivity index (χ2n) is 10.4. The van der Waals surface area contributed by atoms with Gasteiger partial charge in [-0.3, -0.25) is 4.79 Å². The second kappa shape index (κ2) is 9.79. The van der Waals surface area contributed by atoms with E-state index in [1.807, 2.05) is 27.7 Å². The molecule has 0 fully saturated rings. The van der Waals surface area contributed by atoms with Crippen molar-refractivity contribution >= 4 is 44.1 Å². The molecule has 4 heteroatoms. The lowest BCUT2D eigenvalue weighted by Crippen LogP contribution is -2.37. The van der Waals surface area contributed by atoms with Gasteiger partial charge in [0.2, 0.25) is 0 Å². The van der Waals surface area contributed by atoms with Crippen LogP contribution in [0, 0.1) is 0 Å². The minimum atomic E-state index is -0.888. The van der Waals surface area contributed by atoms with Crippen molar-refractivity contribution in [3.05, 3.63) is 72.8 Å². The number of ether oxygens (including phenoxy) is 2. The molecule has 0 aliphatic carbocycles. The summed E-state index contributed by atoms with van der Waals surface area (Å²) in [6.45, 7) is 11.0. The monoisotopic (exact) mass is 470 g/mol. The van der Waals surface area contributed by atoms with Crippen molar-refractivity contribution < 1.29 is 19.1 Å². The van der Waals surface area contributed by atoms with Crippen LogP contribution in [0.3, 0.4) is 0 Å². The van der Waals surface area contributed by atoms with Gasteiger partial charge in [0.1, 0.15) is 11.2 Å². The smallest absolute Gasteiger partial charge is 0.330 e. The zero-order valence-electron chi connectivity index (χ0n) is 21.1.